The van der Waals surface area contributed by atoms with Gasteiger partial charge in [0.2, 0.25) is 0 Å². The molecule has 0 saturated carbocycles. The van der Waals surface area contributed by atoms with Gasteiger partial charge in [-0.3, -0.25) is 4.79 Å². The lowest BCUT2D eigenvalue weighted by molar-refractivity contribution is -0.136. The van der Waals surface area contributed by atoms with Crippen molar-refractivity contribution >= 4 is 17.7 Å². The minimum absolute atomic E-state index is 0.0451. The Bertz CT molecular complexity index is 593. The molecule has 2 rings (SSSR count). The first kappa shape index (κ1) is 15.4. The molecule has 2 aromatic rings. The molecule has 3 nitrogen and oxygen atoms in total. The van der Waals surface area contributed by atoms with Crippen molar-refractivity contribution < 1.29 is 14.6 Å². The van der Waals surface area contributed by atoms with Crippen LogP contribution in [0.3, 0.4) is 0 Å². The molecule has 0 aliphatic rings. The smallest absolute Gasteiger partial charge is 0.307 e. The Morgan fingerprint density at radius 3 is 2.62 bits per heavy atom. The van der Waals surface area contributed by atoms with Crippen molar-refractivity contribution in [1.29, 1.82) is 0 Å². The van der Waals surface area contributed by atoms with Gasteiger partial charge < -0.3 is 9.84 Å². The van der Waals surface area contributed by atoms with E-state index in [2.05, 4.69) is 31.2 Å². The van der Waals surface area contributed by atoms with Gasteiger partial charge in [-0.05, 0) is 36.8 Å². The van der Waals surface area contributed by atoms with Crippen LogP contribution in [0.25, 0.3) is 0 Å². The Morgan fingerprint density at radius 2 is 1.95 bits per heavy atom. The number of rotatable bonds is 7. The summed E-state index contributed by atoms with van der Waals surface area (Å²) in [6.07, 6.45) is 0.0451. The van der Waals surface area contributed by atoms with E-state index in [1.54, 1.807) is 23.9 Å². The van der Waals surface area contributed by atoms with Gasteiger partial charge in [-0.1, -0.05) is 29.8 Å². The fraction of sp³-hybridized carbons (Fsp3) is 0.235. The normalized spacial score (nSPS) is 10.3. The molecule has 0 unspecified atom stereocenters. The number of aryl methyl sites for hydroxylation is 1. The van der Waals surface area contributed by atoms with E-state index in [1.165, 1.54) is 10.5 Å². The quantitative estimate of drug-likeness (QED) is 0.624. The van der Waals surface area contributed by atoms with E-state index in [0.29, 0.717) is 6.61 Å². The van der Waals surface area contributed by atoms with Crippen LogP contribution in [0, 0.1) is 6.92 Å². The Kier molecular flexibility index (Phi) is 5.69. The number of ether oxygens (including phenoxy) is 1. The number of hydrogen-bond acceptors (Lipinski definition) is 3. The van der Waals surface area contributed by atoms with E-state index in [9.17, 15) is 4.79 Å². The molecule has 0 aromatic heterocycles. The zero-order valence-corrected chi connectivity index (χ0v) is 12.7. The predicted octanol–water partition coefficient (Wildman–Crippen LogP) is 3.79. The average Bonchev–Trinajstić information content (AvgIpc) is 2.45. The van der Waals surface area contributed by atoms with Crippen molar-refractivity contribution in [2.24, 2.45) is 0 Å². The van der Waals surface area contributed by atoms with Gasteiger partial charge in [0.15, 0.2) is 0 Å². The molecule has 4 heteroatoms. The summed E-state index contributed by atoms with van der Waals surface area (Å²) in [6, 6.07) is 15.6. The molecule has 2 aromatic carbocycles. The maximum absolute atomic E-state index is 10.6. The molecular weight excluding hydrogens is 284 g/mol. The third-order valence-corrected chi connectivity index (χ3v) is 3.85. The highest BCUT2D eigenvalue weighted by Crippen LogP contribution is 2.19. The van der Waals surface area contributed by atoms with Gasteiger partial charge in [0.1, 0.15) is 5.75 Å². The summed E-state index contributed by atoms with van der Waals surface area (Å²) < 4.78 is 5.65. The molecule has 0 bridgehead atoms. The number of carbonyl (C=O) groups is 1. The highest BCUT2D eigenvalue weighted by atomic mass is 32.2. The Hall–Kier alpha value is -1.94. The Morgan fingerprint density at radius 1 is 1.19 bits per heavy atom. The maximum atomic E-state index is 10.6. The molecule has 0 aliphatic heterocycles. The van der Waals surface area contributed by atoms with Gasteiger partial charge >= 0.3 is 5.97 Å². The lowest BCUT2D eigenvalue weighted by Gasteiger charge is -2.07. The summed E-state index contributed by atoms with van der Waals surface area (Å²) in [6.45, 7) is 2.70. The molecule has 0 radical (unpaired) electrons. The lowest BCUT2D eigenvalue weighted by Crippen LogP contribution is -2.02. The van der Waals surface area contributed by atoms with Gasteiger partial charge in [0.05, 0.1) is 13.0 Å². The SMILES string of the molecule is Cc1cccc(SCCOc2ccc(CC(=O)O)cc2)c1. The number of aliphatic carboxylic acids is 1. The summed E-state index contributed by atoms with van der Waals surface area (Å²) >= 11 is 1.76. The lowest BCUT2D eigenvalue weighted by atomic mass is 10.1. The highest BCUT2D eigenvalue weighted by molar-refractivity contribution is 7.99. The summed E-state index contributed by atoms with van der Waals surface area (Å²) in [5, 5.41) is 8.70. The fourth-order valence-corrected chi connectivity index (χ4v) is 2.75. The number of thioether (sulfide) groups is 1. The van der Waals surface area contributed by atoms with Crippen molar-refractivity contribution in [3.05, 3.63) is 59.7 Å². The first-order chi connectivity index (χ1) is 10.1. The molecule has 1 N–H and O–H groups in total. The van der Waals surface area contributed by atoms with E-state index >= 15 is 0 Å². The second kappa shape index (κ2) is 7.74. The fourth-order valence-electron chi connectivity index (χ4n) is 1.90. The summed E-state index contributed by atoms with van der Waals surface area (Å²) in [7, 11) is 0. The molecule has 0 saturated heterocycles. The Balaban J connectivity index is 1.74. The van der Waals surface area contributed by atoms with E-state index in [0.717, 1.165) is 17.1 Å². The molecule has 0 heterocycles. The van der Waals surface area contributed by atoms with Gasteiger partial charge in [-0.25, -0.2) is 0 Å². The van der Waals surface area contributed by atoms with Gasteiger partial charge in [-0.2, -0.15) is 0 Å². The van der Waals surface area contributed by atoms with Gasteiger partial charge in [0, 0.05) is 10.6 Å². The maximum Gasteiger partial charge on any atom is 0.307 e. The van der Waals surface area contributed by atoms with Crippen LogP contribution in [0.1, 0.15) is 11.1 Å². The molecule has 0 amide bonds. The zero-order chi connectivity index (χ0) is 15.1. The van der Waals surface area contributed by atoms with Crippen LogP contribution in [-0.2, 0) is 11.2 Å². The van der Waals surface area contributed by atoms with Crippen molar-refractivity contribution in [1.82, 2.24) is 0 Å². The second-order valence-electron chi connectivity index (χ2n) is 4.73. The Labute approximate surface area is 129 Å². The van der Waals surface area contributed by atoms with E-state index in [-0.39, 0.29) is 6.42 Å². The topological polar surface area (TPSA) is 46.5 Å². The van der Waals surface area contributed by atoms with Crippen LogP contribution in [0.4, 0.5) is 0 Å². The van der Waals surface area contributed by atoms with Gasteiger partial charge in [-0.15, -0.1) is 11.8 Å². The molecule has 21 heavy (non-hydrogen) atoms. The number of carboxylic acid groups (broad SMARTS) is 1. The minimum atomic E-state index is -0.821. The summed E-state index contributed by atoms with van der Waals surface area (Å²) in [5.41, 5.74) is 2.04. The second-order valence-corrected chi connectivity index (χ2v) is 5.90. The molecule has 0 atom stereocenters. The van der Waals surface area contributed by atoms with Crippen LogP contribution >= 0.6 is 11.8 Å². The highest BCUT2D eigenvalue weighted by Gasteiger charge is 2.01. The molecule has 0 aliphatic carbocycles. The summed E-state index contributed by atoms with van der Waals surface area (Å²) in [5.74, 6) is 0.826. The van der Waals surface area contributed by atoms with Gasteiger partial charge in [0.25, 0.3) is 0 Å². The number of carboxylic acids is 1. The minimum Gasteiger partial charge on any atom is -0.493 e. The summed E-state index contributed by atoms with van der Waals surface area (Å²) in [4.78, 5) is 11.8. The van der Waals surface area contributed by atoms with Crippen LogP contribution < -0.4 is 4.74 Å². The predicted molar refractivity (Wildman–Crippen MR) is 85.2 cm³/mol. The molecule has 0 spiro atoms. The van der Waals surface area contributed by atoms with Crippen molar-refractivity contribution in [2.45, 2.75) is 18.2 Å². The van der Waals surface area contributed by atoms with Crippen LogP contribution in [0.5, 0.6) is 5.75 Å². The zero-order valence-electron chi connectivity index (χ0n) is 11.9. The van der Waals surface area contributed by atoms with Crippen molar-refractivity contribution in [3.8, 4) is 5.75 Å². The first-order valence-electron chi connectivity index (χ1n) is 6.76. The van der Waals surface area contributed by atoms with E-state index < -0.39 is 5.97 Å². The van der Waals surface area contributed by atoms with Crippen molar-refractivity contribution in [3.63, 3.8) is 0 Å². The monoisotopic (exact) mass is 302 g/mol. The largest absolute Gasteiger partial charge is 0.493 e. The third-order valence-electron chi connectivity index (χ3n) is 2.89. The molecule has 110 valence electrons. The van der Waals surface area contributed by atoms with Crippen LogP contribution in [0.2, 0.25) is 0 Å². The van der Waals surface area contributed by atoms with Crippen LogP contribution in [-0.4, -0.2) is 23.4 Å². The number of benzene rings is 2. The molecular formula is C17H18O3S. The molecule has 0 fully saturated rings. The van der Waals surface area contributed by atoms with Crippen molar-refractivity contribution in [2.75, 3.05) is 12.4 Å². The van der Waals surface area contributed by atoms with Crippen LogP contribution in [0.15, 0.2) is 53.4 Å². The third kappa shape index (κ3) is 5.52. The first-order valence-corrected chi connectivity index (χ1v) is 7.75. The standard InChI is InChI=1S/C17H18O3S/c1-13-3-2-4-16(11-13)21-10-9-20-15-7-5-14(6-8-15)12-17(18)19/h2-8,11H,9-10,12H2,1H3,(H,18,19). The van der Waals surface area contributed by atoms with E-state index in [1.807, 2.05) is 12.1 Å². The average molecular weight is 302 g/mol. The number of hydrogen-bond donors (Lipinski definition) is 1. The van der Waals surface area contributed by atoms with E-state index in [4.69, 9.17) is 9.84 Å².